The van der Waals surface area contributed by atoms with Crippen LogP contribution < -0.4 is 11.1 Å². The second-order valence-corrected chi connectivity index (χ2v) is 6.76. The first kappa shape index (κ1) is 14.7. The van der Waals surface area contributed by atoms with Gasteiger partial charge in [-0.1, -0.05) is 11.8 Å². The normalized spacial score (nSPS) is 10.6. The molecule has 0 bridgehead atoms. The molecule has 0 aromatic carbocycles. The average molecular weight is 286 g/mol. The summed E-state index contributed by atoms with van der Waals surface area (Å²) < 4.78 is 21.8. The standard InChI is InChI=1S/C11H14N2O3S2/c1-18(15,16)6-5-13-11(14)9-7-10(17-8-9)3-2-4-12/h7-8H,4-6,12H2,1H3,(H,13,14). The van der Waals surface area contributed by atoms with E-state index in [9.17, 15) is 13.2 Å². The molecule has 0 aliphatic rings. The monoisotopic (exact) mass is 286 g/mol. The van der Waals surface area contributed by atoms with Gasteiger partial charge in [-0.2, -0.15) is 0 Å². The Morgan fingerprint density at radius 1 is 1.56 bits per heavy atom. The molecular formula is C11H14N2O3S2. The average Bonchev–Trinajstić information content (AvgIpc) is 2.73. The Labute approximate surface area is 110 Å². The van der Waals surface area contributed by atoms with Crippen molar-refractivity contribution < 1.29 is 13.2 Å². The molecule has 0 radical (unpaired) electrons. The number of amides is 1. The molecule has 0 spiro atoms. The fourth-order valence-electron chi connectivity index (χ4n) is 1.11. The number of carbonyl (C=O) groups is 1. The Morgan fingerprint density at radius 2 is 2.28 bits per heavy atom. The second kappa shape index (κ2) is 6.54. The number of rotatable bonds is 4. The van der Waals surface area contributed by atoms with Crippen molar-refractivity contribution in [2.24, 2.45) is 5.73 Å². The minimum Gasteiger partial charge on any atom is -0.351 e. The quantitative estimate of drug-likeness (QED) is 0.752. The lowest BCUT2D eigenvalue weighted by molar-refractivity contribution is 0.0956. The lowest BCUT2D eigenvalue weighted by atomic mass is 10.3. The third-order valence-corrected chi connectivity index (χ3v) is 3.73. The van der Waals surface area contributed by atoms with Crippen molar-refractivity contribution in [1.82, 2.24) is 5.32 Å². The highest BCUT2D eigenvalue weighted by atomic mass is 32.2. The van der Waals surface area contributed by atoms with Gasteiger partial charge < -0.3 is 11.1 Å². The van der Waals surface area contributed by atoms with Crippen LogP contribution in [0.4, 0.5) is 0 Å². The van der Waals surface area contributed by atoms with E-state index in [0.29, 0.717) is 5.56 Å². The predicted molar refractivity (Wildman–Crippen MR) is 72.3 cm³/mol. The van der Waals surface area contributed by atoms with Gasteiger partial charge >= 0.3 is 0 Å². The molecule has 1 rings (SSSR count). The maximum Gasteiger partial charge on any atom is 0.252 e. The Balaban J connectivity index is 2.54. The van der Waals surface area contributed by atoms with E-state index in [-0.39, 0.29) is 24.7 Å². The van der Waals surface area contributed by atoms with E-state index in [1.165, 1.54) is 11.3 Å². The minimum atomic E-state index is -3.06. The first-order valence-electron chi connectivity index (χ1n) is 5.16. The molecule has 0 fully saturated rings. The van der Waals surface area contributed by atoms with Crippen molar-refractivity contribution in [2.75, 3.05) is 25.1 Å². The zero-order valence-corrected chi connectivity index (χ0v) is 11.5. The van der Waals surface area contributed by atoms with E-state index < -0.39 is 9.84 Å². The fraction of sp³-hybridized carbons (Fsp3) is 0.364. The summed E-state index contributed by atoms with van der Waals surface area (Å²) in [5, 5.41) is 4.22. The smallest absolute Gasteiger partial charge is 0.252 e. The van der Waals surface area contributed by atoms with Crippen LogP contribution in [-0.4, -0.2) is 39.4 Å². The van der Waals surface area contributed by atoms with Crippen molar-refractivity contribution in [1.29, 1.82) is 0 Å². The van der Waals surface area contributed by atoms with Gasteiger partial charge in [-0.05, 0) is 6.07 Å². The van der Waals surface area contributed by atoms with Crippen LogP contribution >= 0.6 is 11.3 Å². The molecule has 0 unspecified atom stereocenters. The third kappa shape index (κ3) is 5.31. The van der Waals surface area contributed by atoms with Crippen molar-refractivity contribution in [2.45, 2.75) is 0 Å². The van der Waals surface area contributed by atoms with Gasteiger partial charge in [-0.25, -0.2) is 8.42 Å². The summed E-state index contributed by atoms with van der Waals surface area (Å²) in [6, 6.07) is 1.66. The maximum atomic E-state index is 11.6. The lowest BCUT2D eigenvalue weighted by Crippen LogP contribution is -2.28. The summed E-state index contributed by atoms with van der Waals surface area (Å²) in [5.74, 6) is 5.16. The highest BCUT2D eigenvalue weighted by molar-refractivity contribution is 7.90. The molecular weight excluding hydrogens is 272 g/mol. The van der Waals surface area contributed by atoms with Crippen LogP contribution in [-0.2, 0) is 9.84 Å². The zero-order chi connectivity index (χ0) is 13.6. The van der Waals surface area contributed by atoms with Crippen molar-refractivity contribution >= 4 is 27.1 Å². The van der Waals surface area contributed by atoms with E-state index in [4.69, 9.17) is 5.73 Å². The van der Waals surface area contributed by atoms with Gasteiger partial charge in [0.2, 0.25) is 0 Å². The van der Waals surface area contributed by atoms with E-state index in [1.807, 2.05) is 0 Å². The molecule has 7 heteroatoms. The van der Waals surface area contributed by atoms with Crippen LogP contribution in [0.3, 0.4) is 0 Å². The third-order valence-electron chi connectivity index (χ3n) is 1.93. The van der Waals surface area contributed by atoms with Gasteiger partial charge in [-0.3, -0.25) is 4.79 Å². The second-order valence-electron chi connectivity index (χ2n) is 3.59. The van der Waals surface area contributed by atoms with Crippen molar-refractivity contribution in [3.8, 4) is 11.8 Å². The van der Waals surface area contributed by atoms with Crippen LogP contribution in [0.15, 0.2) is 11.4 Å². The largest absolute Gasteiger partial charge is 0.351 e. The lowest BCUT2D eigenvalue weighted by Gasteiger charge is -2.01. The Bertz CT molecular complexity index is 579. The summed E-state index contributed by atoms with van der Waals surface area (Å²) in [7, 11) is -3.06. The first-order chi connectivity index (χ1) is 8.42. The molecule has 0 saturated heterocycles. The van der Waals surface area contributed by atoms with Gasteiger partial charge in [0.25, 0.3) is 5.91 Å². The summed E-state index contributed by atoms with van der Waals surface area (Å²) in [6.07, 6.45) is 1.13. The van der Waals surface area contributed by atoms with Gasteiger partial charge in [0.05, 0.1) is 22.7 Å². The van der Waals surface area contributed by atoms with Crippen LogP contribution in [0.5, 0.6) is 0 Å². The Morgan fingerprint density at radius 3 is 2.89 bits per heavy atom. The van der Waals surface area contributed by atoms with Crippen LogP contribution in [0, 0.1) is 11.8 Å². The molecule has 1 heterocycles. The Kier molecular flexibility index (Phi) is 5.34. The number of sulfone groups is 1. The van der Waals surface area contributed by atoms with Crippen LogP contribution in [0.2, 0.25) is 0 Å². The summed E-state index contributed by atoms with van der Waals surface area (Å²) in [6.45, 7) is 0.380. The topological polar surface area (TPSA) is 89.3 Å². The highest BCUT2D eigenvalue weighted by Crippen LogP contribution is 2.13. The number of nitrogens with one attached hydrogen (secondary N) is 1. The molecule has 5 nitrogen and oxygen atoms in total. The number of carbonyl (C=O) groups excluding carboxylic acids is 1. The molecule has 98 valence electrons. The summed E-state index contributed by atoms with van der Waals surface area (Å²) >= 11 is 1.35. The summed E-state index contributed by atoms with van der Waals surface area (Å²) in [4.78, 5) is 12.4. The fourth-order valence-corrected chi connectivity index (χ4v) is 2.34. The van der Waals surface area contributed by atoms with Crippen molar-refractivity contribution in [3.05, 3.63) is 21.9 Å². The molecule has 3 N–H and O–H groups in total. The number of hydrogen-bond donors (Lipinski definition) is 2. The predicted octanol–water partition coefficient (Wildman–Crippen LogP) is -0.167. The van der Waals surface area contributed by atoms with Gasteiger partial charge in [-0.15, -0.1) is 11.3 Å². The van der Waals surface area contributed by atoms with E-state index in [1.54, 1.807) is 11.4 Å². The molecule has 1 amide bonds. The van der Waals surface area contributed by atoms with Gasteiger partial charge in [0.1, 0.15) is 9.84 Å². The minimum absolute atomic E-state index is 0.0668. The van der Waals surface area contributed by atoms with Crippen LogP contribution in [0.1, 0.15) is 15.2 Å². The van der Waals surface area contributed by atoms with E-state index in [2.05, 4.69) is 17.2 Å². The maximum absolute atomic E-state index is 11.6. The molecule has 0 aliphatic heterocycles. The molecule has 0 aliphatic carbocycles. The van der Waals surface area contributed by atoms with Crippen LogP contribution in [0.25, 0.3) is 0 Å². The van der Waals surface area contributed by atoms with E-state index >= 15 is 0 Å². The number of thiophene rings is 1. The first-order valence-corrected chi connectivity index (χ1v) is 8.10. The van der Waals surface area contributed by atoms with Crippen molar-refractivity contribution in [3.63, 3.8) is 0 Å². The molecule has 18 heavy (non-hydrogen) atoms. The van der Waals surface area contributed by atoms with Gasteiger partial charge in [0, 0.05) is 18.2 Å². The highest BCUT2D eigenvalue weighted by Gasteiger charge is 2.09. The summed E-state index contributed by atoms with van der Waals surface area (Å²) in [5.41, 5.74) is 5.73. The number of nitrogens with two attached hydrogens (primary N) is 1. The van der Waals surface area contributed by atoms with E-state index in [0.717, 1.165) is 11.1 Å². The molecule has 0 saturated carbocycles. The Hall–Kier alpha value is -1.36. The SMILES string of the molecule is CS(=O)(=O)CCNC(=O)c1csc(C#CCN)c1. The van der Waals surface area contributed by atoms with Gasteiger partial charge in [0.15, 0.2) is 0 Å². The molecule has 0 atom stereocenters. The zero-order valence-electron chi connectivity index (χ0n) is 9.89. The molecule has 1 aromatic rings. The number of hydrogen-bond acceptors (Lipinski definition) is 5. The molecule has 1 aromatic heterocycles.